The molecule has 2 rings (SSSR count). The maximum absolute atomic E-state index is 12.9. The molecule has 0 saturated heterocycles. The number of anilines is 1. The summed E-state index contributed by atoms with van der Waals surface area (Å²) in [6.45, 7) is 1.39. The van der Waals surface area contributed by atoms with E-state index in [1.54, 1.807) is 0 Å². The number of rotatable bonds is 7. The number of benzene rings is 2. The molecule has 1 atom stereocenters. The summed E-state index contributed by atoms with van der Waals surface area (Å²) in [5.74, 6) is -1.76. The number of nitrogens with zero attached hydrogens (tertiary/aromatic N) is 1. The molecule has 0 unspecified atom stereocenters. The van der Waals surface area contributed by atoms with Crippen LogP contribution in [0.4, 0.5) is 10.1 Å². The highest BCUT2D eigenvalue weighted by molar-refractivity contribution is 7.89. The molecule has 154 valence electrons. The van der Waals surface area contributed by atoms with Crippen molar-refractivity contribution in [3.63, 3.8) is 0 Å². The van der Waals surface area contributed by atoms with Gasteiger partial charge in [-0.05, 0) is 48.9 Å². The Bertz CT molecular complexity index is 1020. The third kappa shape index (κ3) is 6.23. The van der Waals surface area contributed by atoms with Gasteiger partial charge in [-0.1, -0.05) is 18.2 Å². The average Bonchev–Trinajstić information content (AvgIpc) is 2.67. The predicted molar refractivity (Wildman–Crippen MR) is 107 cm³/mol. The van der Waals surface area contributed by atoms with Gasteiger partial charge in [0.2, 0.25) is 10.0 Å². The van der Waals surface area contributed by atoms with Gasteiger partial charge in [-0.25, -0.2) is 21.9 Å². The molecule has 9 heteroatoms. The number of carbonyl (C=O) groups excluding carboxylic acids is 2. The molecule has 0 aliphatic rings. The van der Waals surface area contributed by atoms with Gasteiger partial charge < -0.3 is 10.1 Å². The monoisotopic (exact) mass is 420 g/mol. The van der Waals surface area contributed by atoms with Crippen molar-refractivity contribution in [3.05, 3.63) is 66.0 Å². The fraction of sp³-hybridized carbons (Fsp3) is 0.200. The van der Waals surface area contributed by atoms with Crippen LogP contribution in [0.1, 0.15) is 12.5 Å². The third-order valence-corrected chi connectivity index (χ3v) is 5.64. The van der Waals surface area contributed by atoms with E-state index in [2.05, 4.69) is 5.32 Å². The first-order chi connectivity index (χ1) is 13.6. The van der Waals surface area contributed by atoms with Crippen LogP contribution in [-0.4, -0.2) is 44.8 Å². The maximum Gasteiger partial charge on any atom is 0.331 e. The Kier molecular flexibility index (Phi) is 7.24. The first-order valence-corrected chi connectivity index (χ1v) is 10.0. The summed E-state index contributed by atoms with van der Waals surface area (Å²) in [7, 11) is -0.838. The molecule has 2 aromatic carbocycles. The first kappa shape index (κ1) is 22.3. The van der Waals surface area contributed by atoms with E-state index in [1.807, 2.05) is 0 Å². The number of hydrogen-bond donors (Lipinski definition) is 1. The summed E-state index contributed by atoms with van der Waals surface area (Å²) < 4.78 is 43.3. The van der Waals surface area contributed by atoms with E-state index in [9.17, 15) is 22.4 Å². The summed E-state index contributed by atoms with van der Waals surface area (Å²) in [6, 6.07) is 11.2. The number of carbonyl (C=O) groups is 2. The number of ether oxygens (including phenoxy) is 1. The highest BCUT2D eigenvalue weighted by atomic mass is 32.2. The molecule has 1 amide bonds. The normalized spacial score (nSPS) is 12.7. The summed E-state index contributed by atoms with van der Waals surface area (Å²) in [5, 5.41) is 2.51. The lowest BCUT2D eigenvalue weighted by Crippen LogP contribution is -2.29. The van der Waals surface area contributed by atoms with Crippen LogP contribution in [0.25, 0.3) is 6.08 Å². The van der Waals surface area contributed by atoms with Crippen molar-refractivity contribution in [2.75, 3.05) is 19.4 Å². The molecule has 1 N–H and O–H groups in total. The second kappa shape index (κ2) is 9.44. The van der Waals surface area contributed by atoms with Crippen molar-refractivity contribution in [2.45, 2.75) is 17.9 Å². The molecule has 7 nitrogen and oxygen atoms in total. The molecule has 2 aromatic rings. The lowest BCUT2D eigenvalue weighted by Gasteiger charge is -2.14. The fourth-order valence-electron chi connectivity index (χ4n) is 2.19. The zero-order chi connectivity index (χ0) is 21.6. The standard InChI is InChI=1S/C20H21FN2O5S/c1-14(28-19(24)12-9-15-7-10-16(21)11-8-15)20(25)22-17-5-4-6-18(13-17)29(26,27)23(2)3/h4-14H,1-3H3,(H,22,25)/b12-9+/t14-/m1/s1. The quantitative estimate of drug-likeness (QED) is 0.549. The van der Waals surface area contributed by atoms with E-state index in [0.29, 0.717) is 5.56 Å². The Hall–Kier alpha value is -3.04. The average molecular weight is 420 g/mol. The minimum absolute atomic E-state index is 0.0205. The molecule has 0 heterocycles. The van der Waals surface area contributed by atoms with Crippen LogP contribution in [0, 0.1) is 5.82 Å². The van der Waals surface area contributed by atoms with E-state index in [-0.39, 0.29) is 10.6 Å². The molecule has 0 aliphatic carbocycles. The first-order valence-electron chi connectivity index (χ1n) is 8.57. The molecular weight excluding hydrogens is 399 g/mol. The topological polar surface area (TPSA) is 92.8 Å². The lowest BCUT2D eigenvalue weighted by molar-refractivity contribution is -0.148. The fourth-order valence-corrected chi connectivity index (χ4v) is 3.14. The van der Waals surface area contributed by atoms with E-state index in [1.165, 1.54) is 75.6 Å². The zero-order valence-corrected chi connectivity index (χ0v) is 16.9. The minimum Gasteiger partial charge on any atom is -0.449 e. The highest BCUT2D eigenvalue weighted by Crippen LogP contribution is 2.18. The predicted octanol–water partition coefficient (Wildman–Crippen LogP) is 2.66. The Morgan fingerprint density at radius 3 is 2.41 bits per heavy atom. The van der Waals surface area contributed by atoms with Gasteiger partial charge in [-0.15, -0.1) is 0 Å². The van der Waals surface area contributed by atoms with Crippen LogP contribution in [0.3, 0.4) is 0 Å². The number of halogens is 1. The van der Waals surface area contributed by atoms with E-state index in [0.717, 1.165) is 10.4 Å². The molecule has 0 radical (unpaired) electrons. The molecule has 0 bridgehead atoms. The molecule has 0 saturated carbocycles. The van der Waals surface area contributed by atoms with Crippen LogP contribution in [0.15, 0.2) is 59.5 Å². The number of hydrogen-bond acceptors (Lipinski definition) is 5. The van der Waals surface area contributed by atoms with Gasteiger partial charge in [0.25, 0.3) is 5.91 Å². The maximum atomic E-state index is 12.9. The van der Waals surface area contributed by atoms with Crippen LogP contribution in [0.2, 0.25) is 0 Å². The third-order valence-electron chi connectivity index (χ3n) is 3.82. The molecule has 0 fully saturated rings. The summed E-state index contributed by atoms with van der Waals surface area (Å²) in [5.41, 5.74) is 0.849. The Morgan fingerprint density at radius 2 is 1.79 bits per heavy atom. The Morgan fingerprint density at radius 1 is 1.14 bits per heavy atom. The van der Waals surface area contributed by atoms with Crippen LogP contribution in [0.5, 0.6) is 0 Å². The van der Waals surface area contributed by atoms with Gasteiger partial charge in [0, 0.05) is 25.9 Å². The largest absolute Gasteiger partial charge is 0.449 e. The van der Waals surface area contributed by atoms with E-state index in [4.69, 9.17) is 4.74 Å². The van der Waals surface area contributed by atoms with Crippen molar-refractivity contribution in [1.82, 2.24) is 4.31 Å². The number of amides is 1. The summed E-state index contributed by atoms with van der Waals surface area (Å²) >= 11 is 0. The van der Waals surface area contributed by atoms with Crippen LogP contribution >= 0.6 is 0 Å². The minimum atomic E-state index is -3.65. The number of esters is 1. The smallest absolute Gasteiger partial charge is 0.331 e. The van der Waals surface area contributed by atoms with E-state index < -0.39 is 33.8 Å². The summed E-state index contributed by atoms with van der Waals surface area (Å²) in [6.07, 6.45) is 1.44. The van der Waals surface area contributed by atoms with Gasteiger partial charge >= 0.3 is 5.97 Å². The van der Waals surface area contributed by atoms with E-state index >= 15 is 0 Å². The van der Waals surface area contributed by atoms with Crippen LogP contribution in [-0.2, 0) is 24.3 Å². The van der Waals surface area contributed by atoms with Crippen molar-refractivity contribution >= 4 is 33.7 Å². The van der Waals surface area contributed by atoms with Gasteiger partial charge in [0.1, 0.15) is 5.82 Å². The van der Waals surface area contributed by atoms with Gasteiger partial charge in [0.05, 0.1) is 4.90 Å². The Labute approximate surface area is 168 Å². The molecule has 29 heavy (non-hydrogen) atoms. The molecule has 0 aromatic heterocycles. The van der Waals surface area contributed by atoms with Gasteiger partial charge in [-0.3, -0.25) is 4.79 Å². The molecule has 0 spiro atoms. The SMILES string of the molecule is C[C@@H](OC(=O)/C=C/c1ccc(F)cc1)C(=O)Nc1cccc(S(=O)(=O)N(C)C)c1. The zero-order valence-electron chi connectivity index (χ0n) is 16.1. The number of nitrogens with one attached hydrogen (secondary N) is 1. The molecular formula is C20H21FN2O5S. The summed E-state index contributed by atoms with van der Waals surface area (Å²) in [4.78, 5) is 24.1. The van der Waals surface area contributed by atoms with Crippen molar-refractivity contribution < 1.29 is 27.1 Å². The second-order valence-corrected chi connectivity index (χ2v) is 8.42. The van der Waals surface area contributed by atoms with Gasteiger partial charge in [-0.2, -0.15) is 0 Å². The Balaban J connectivity index is 1.98. The highest BCUT2D eigenvalue weighted by Gasteiger charge is 2.20. The molecule has 0 aliphatic heterocycles. The second-order valence-electron chi connectivity index (χ2n) is 6.27. The van der Waals surface area contributed by atoms with Gasteiger partial charge in [0.15, 0.2) is 6.10 Å². The van der Waals surface area contributed by atoms with Crippen molar-refractivity contribution in [1.29, 1.82) is 0 Å². The van der Waals surface area contributed by atoms with Crippen molar-refractivity contribution in [2.24, 2.45) is 0 Å². The number of sulfonamides is 1. The van der Waals surface area contributed by atoms with Crippen molar-refractivity contribution in [3.8, 4) is 0 Å². The lowest BCUT2D eigenvalue weighted by atomic mass is 10.2. The van der Waals surface area contributed by atoms with Crippen LogP contribution < -0.4 is 5.32 Å².